The normalized spacial score (nSPS) is 16.2. The van der Waals surface area contributed by atoms with Gasteiger partial charge in [0.2, 0.25) is 0 Å². The van der Waals surface area contributed by atoms with E-state index in [2.05, 4.69) is 26.6 Å². The maximum absolute atomic E-state index is 13.1. The highest BCUT2D eigenvalue weighted by atomic mass is 79.9. The molecular weight excluding hydrogens is 437 g/mol. The lowest BCUT2D eigenvalue weighted by Crippen LogP contribution is -2.45. The Morgan fingerprint density at radius 1 is 1.11 bits per heavy atom. The Morgan fingerprint density at radius 2 is 1.81 bits per heavy atom. The summed E-state index contributed by atoms with van der Waals surface area (Å²) in [5, 5.41) is 6.88. The molecule has 0 saturated heterocycles. The summed E-state index contributed by atoms with van der Waals surface area (Å²) in [6, 6.07) is 11.4. The molecule has 0 bridgehead atoms. The molecule has 2 aromatic rings. The summed E-state index contributed by atoms with van der Waals surface area (Å²) in [6.07, 6.45) is -0.971. The molecule has 1 aliphatic carbocycles. The number of hydrogen-bond donors (Lipinski definition) is 2. The first-order chi connectivity index (χ1) is 12.7. The van der Waals surface area contributed by atoms with E-state index in [1.54, 1.807) is 6.07 Å². The van der Waals surface area contributed by atoms with Gasteiger partial charge in [0.15, 0.2) is 5.11 Å². The first-order valence-corrected chi connectivity index (χ1v) is 9.93. The monoisotopic (exact) mass is 456 g/mol. The first-order valence-electron chi connectivity index (χ1n) is 8.73. The average molecular weight is 457 g/mol. The Kier molecular flexibility index (Phi) is 5.82. The van der Waals surface area contributed by atoms with Crippen molar-refractivity contribution < 1.29 is 13.2 Å². The highest BCUT2D eigenvalue weighted by Gasteiger charge is 2.38. The Bertz CT molecular complexity index is 845. The zero-order chi connectivity index (χ0) is 19.7. The van der Waals surface area contributed by atoms with E-state index in [9.17, 15) is 13.2 Å². The smallest absolute Gasteiger partial charge is 0.353 e. The Balaban J connectivity index is 1.83. The van der Waals surface area contributed by atoms with Crippen molar-refractivity contribution in [2.45, 2.75) is 44.3 Å². The van der Waals surface area contributed by atoms with Gasteiger partial charge < -0.3 is 10.6 Å². The number of hydrogen-bond acceptors (Lipinski definition) is 1. The van der Waals surface area contributed by atoms with Gasteiger partial charge in [0.05, 0.1) is 11.1 Å². The maximum Gasteiger partial charge on any atom is 0.416 e. The zero-order valence-electron chi connectivity index (χ0n) is 14.8. The van der Waals surface area contributed by atoms with Gasteiger partial charge >= 0.3 is 6.18 Å². The lowest BCUT2D eigenvalue weighted by Gasteiger charge is -2.33. The molecule has 2 N–H and O–H groups in total. The molecule has 1 saturated carbocycles. The van der Waals surface area contributed by atoms with Crippen molar-refractivity contribution in [2.75, 3.05) is 5.32 Å². The van der Waals surface area contributed by atoms with E-state index in [4.69, 9.17) is 12.2 Å². The lowest BCUT2D eigenvalue weighted by atomic mass is 9.87. The predicted molar refractivity (Wildman–Crippen MR) is 110 cm³/mol. The van der Waals surface area contributed by atoms with Crippen molar-refractivity contribution >= 4 is 38.9 Å². The standard InChI is InChI=1S/C20H20BrF3N2S/c1-13-11-16(7-8-17(13)21)25-18(27)26-19(9-2-3-10-19)14-5-4-6-15(12-14)20(22,23)24/h4-8,11-12H,2-3,9-10H2,1H3,(H2,25,26,27). The van der Waals surface area contributed by atoms with Gasteiger partial charge in [0.25, 0.3) is 0 Å². The van der Waals surface area contributed by atoms with Gasteiger partial charge in [-0.3, -0.25) is 0 Å². The number of aryl methyl sites for hydroxylation is 1. The number of alkyl halides is 3. The number of benzene rings is 2. The molecule has 3 rings (SSSR count). The van der Waals surface area contributed by atoms with E-state index >= 15 is 0 Å². The van der Waals surface area contributed by atoms with Crippen LogP contribution in [0, 0.1) is 6.92 Å². The van der Waals surface area contributed by atoms with Crippen LogP contribution in [-0.2, 0) is 11.7 Å². The third-order valence-corrected chi connectivity index (χ3v) is 6.06. The summed E-state index contributed by atoms with van der Waals surface area (Å²) in [5.74, 6) is 0. The molecule has 0 spiro atoms. The van der Waals surface area contributed by atoms with Crippen LogP contribution in [0.4, 0.5) is 18.9 Å². The third kappa shape index (κ3) is 4.63. The van der Waals surface area contributed by atoms with Crippen LogP contribution < -0.4 is 10.6 Å². The fraction of sp³-hybridized carbons (Fsp3) is 0.350. The summed E-state index contributed by atoms with van der Waals surface area (Å²) in [6.45, 7) is 1.98. The SMILES string of the molecule is Cc1cc(NC(=S)NC2(c3cccc(C(F)(F)F)c3)CCCC2)ccc1Br. The van der Waals surface area contributed by atoms with E-state index in [1.165, 1.54) is 12.1 Å². The van der Waals surface area contributed by atoms with Crippen molar-refractivity contribution in [3.63, 3.8) is 0 Å². The Hall–Kier alpha value is -1.60. The van der Waals surface area contributed by atoms with Gasteiger partial charge in [0, 0.05) is 10.2 Å². The summed E-state index contributed by atoms with van der Waals surface area (Å²) >= 11 is 8.93. The Labute approximate surface area is 170 Å². The molecule has 2 nitrogen and oxygen atoms in total. The van der Waals surface area contributed by atoms with Gasteiger partial charge in [-0.25, -0.2) is 0 Å². The topological polar surface area (TPSA) is 24.1 Å². The summed E-state index contributed by atoms with van der Waals surface area (Å²) in [7, 11) is 0. The van der Waals surface area contributed by atoms with Gasteiger partial charge in [-0.2, -0.15) is 13.2 Å². The first kappa shape index (κ1) is 20.1. The molecule has 0 heterocycles. The van der Waals surface area contributed by atoms with Crippen molar-refractivity contribution in [3.05, 3.63) is 63.6 Å². The molecule has 0 atom stereocenters. The molecule has 144 valence electrons. The molecule has 1 fully saturated rings. The maximum atomic E-state index is 13.1. The quantitative estimate of drug-likeness (QED) is 0.513. The molecular formula is C20H20BrF3N2S. The fourth-order valence-electron chi connectivity index (χ4n) is 3.56. The highest BCUT2D eigenvalue weighted by molar-refractivity contribution is 9.10. The van der Waals surface area contributed by atoms with Gasteiger partial charge in [-0.1, -0.05) is 40.9 Å². The van der Waals surface area contributed by atoms with Crippen LogP contribution in [-0.4, -0.2) is 5.11 Å². The van der Waals surface area contributed by atoms with Gasteiger partial charge in [0.1, 0.15) is 0 Å². The van der Waals surface area contributed by atoms with E-state index in [0.29, 0.717) is 10.7 Å². The largest absolute Gasteiger partial charge is 0.416 e. The summed E-state index contributed by atoms with van der Waals surface area (Å²) in [5.41, 5.74) is 1.33. The van der Waals surface area contributed by atoms with Crippen molar-refractivity contribution in [1.29, 1.82) is 0 Å². The number of halogens is 4. The fourth-order valence-corrected chi connectivity index (χ4v) is 4.12. The Morgan fingerprint density at radius 3 is 2.44 bits per heavy atom. The zero-order valence-corrected chi connectivity index (χ0v) is 17.2. The molecule has 27 heavy (non-hydrogen) atoms. The van der Waals surface area contributed by atoms with Crippen molar-refractivity contribution in [1.82, 2.24) is 5.32 Å². The predicted octanol–water partition coefficient (Wildman–Crippen LogP) is 6.53. The number of thiocarbonyl (C=S) groups is 1. The minimum absolute atomic E-state index is 0.413. The lowest BCUT2D eigenvalue weighted by molar-refractivity contribution is -0.137. The highest BCUT2D eigenvalue weighted by Crippen LogP contribution is 2.41. The van der Waals surface area contributed by atoms with E-state index in [-0.39, 0.29) is 0 Å². The third-order valence-electron chi connectivity index (χ3n) is 4.97. The number of rotatable bonds is 3. The molecule has 0 radical (unpaired) electrons. The second-order valence-electron chi connectivity index (χ2n) is 6.91. The van der Waals surface area contributed by atoms with E-state index in [0.717, 1.165) is 47.5 Å². The van der Waals surface area contributed by atoms with Crippen LogP contribution in [0.25, 0.3) is 0 Å². The number of anilines is 1. The van der Waals surface area contributed by atoms with Crippen LogP contribution in [0.2, 0.25) is 0 Å². The molecule has 0 aromatic heterocycles. The van der Waals surface area contributed by atoms with Gasteiger partial charge in [-0.15, -0.1) is 0 Å². The second kappa shape index (κ2) is 7.80. The van der Waals surface area contributed by atoms with Crippen LogP contribution >= 0.6 is 28.1 Å². The second-order valence-corrected chi connectivity index (χ2v) is 8.17. The summed E-state index contributed by atoms with van der Waals surface area (Å²) < 4.78 is 40.4. The number of nitrogens with one attached hydrogen (secondary N) is 2. The molecule has 0 aliphatic heterocycles. The van der Waals surface area contributed by atoms with Crippen molar-refractivity contribution in [2.24, 2.45) is 0 Å². The van der Waals surface area contributed by atoms with Crippen LogP contribution in [0.1, 0.15) is 42.4 Å². The van der Waals surface area contributed by atoms with Crippen LogP contribution in [0.5, 0.6) is 0 Å². The molecule has 0 amide bonds. The molecule has 1 aliphatic rings. The van der Waals surface area contributed by atoms with Crippen LogP contribution in [0.15, 0.2) is 46.9 Å². The molecule has 7 heteroatoms. The van der Waals surface area contributed by atoms with Crippen LogP contribution in [0.3, 0.4) is 0 Å². The average Bonchev–Trinajstić information content (AvgIpc) is 3.07. The summed E-state index contributed by atoms with van der Waals surface area (Å²) in [4.78, 5) is 0. The van der Waals surface area contributed by atoms with E-state index in [1.807, 2.05) is 25.1 Å². The molecule has 0 unspecified atom stereocenters. The van der Waals surface area contributed by atoms with Crippen molar-refractivity contribution in [3.8, 4) is 0 Å². The minimum atomic E-state index is -4.36. The van der Waals surface area contributed by atoms with Gasteiger partial charge in [-0.05, 0) is 73.4 Å². The minimum Gasteiger partial charge on any atom is -0.353 e. The van der Waals surface area contributed by atoms with E-state index < -0.39 is 17.3 Å². The molecule has 2 aromatic carbocycles.